The zero-order valence-corrected chi connectivity index (χ0v) is 16.3. The van der Waals surface area contributed by atoms with Crippen LogP contribution in [0, 0.1) is 0 Å². The first-order chi connectivity index (χ1) is 14.2. The van der Waals surface area contributed by atoms with Gasteiger partial charge in [-0.15, -0.1) is 0 Å². The van der Waals surface area contributed by atoms with E-state index >= 15 is 0 Å². The third kappa shape index (κ3) is 3.23. The van der Waals surface area contributed by atoms with Crippen molar-refractivity contribution < 1.29 is 0 Å². The molecule has 1 aliphatic heterocycles. The summed E-state index contributed by atoms with van der Waals surface area (Å²) in [5.74, 6) is 0. The van der Waals surface area contributed by atoms with Crippen LogP contribution in [0.2, 0.25) is 0 Å². The van der Waals surface area contributed by atoms with Gasteiger partial charge in [-0.25, -0.2) is 4.68 Å². The van der Waals surface area contributed by atoms with E-state index in [1.54, 1.807) is 4.68 Å². The van der Waals surface area contributed by atoms with E-state index in [2.05, 4.69) is 45.5 Å². The molecule has 0 unspecified atom stereocenters. The summed E-state index contributed by atoms with van der Waals surface area (Å²) in [6.45, 7) is 7.25. The molecule has 146 valence electrons. The van der Waals surface area contributed by atoms with E-state index in [-0.39, 0.29) is 5.56 Å². The lowest BCUT2D eigenvalue weighted by Gasteiger charge is -2.16. The lowest BCUT2D eigenvalue weighted by atomic mass is 10.1. The van der Waals surface area contributed by atoms with Gasteiger partial charge in [0.05, 0.1) is 22.9 Å². The minimum atomic E-state index is -0.0856. The van der Waals surface area contributed by atoms with E-state index in [0.717, 1.165) is 36.4 Å². The minimum Gasteiger partial charge on any atom is -0.333 e. The number of fused-ring (bicyclic) bond motifs is 1. The summed E-state index contributed by atoms with van der Waals surface area (Å²) in [5.41, 5.74) is 2.95. The molecule has 1 aliphatic rings. The van der Waals surface area contributed by atoms with Crippen molar-refractivity contribution in [3.8, 4) is 5.69 Å². The molecule has 0 amide bonds. The van der Waals surface area contributed by atoms with E-state index in [1.807, 2.05) is 42.5 Å². The number of hydrogen-bond donors (Lipinski definition) is 1. The first-order valence-corrected chi connectivity index (χ1v) is 10.1. The van der Waals surface area contributed by atoms with Gasteiger partial charge in [0.1, 0.15) is 0 Å². The Labute approximate surface area is 168 Å². The summed E-state index contributed by atoms with van der Waals surface area (Å²) in [5, 5.41) is 5.48. The maximum absolute atomic E-state index is 13.1. The van der Waals surface area contributed by atoms with Gasteiger partial charge < -0.3 is 4.57 Å². The number of aromatic amines is 1. The molecule has 0 atom stereocenters. The zero-order chi connectivity index (χ0) is 19.8. The molecule has 2 aromatic heterocycles. The number of hydrogen-bond acceptors (Lipinski definition) is 2. The highest BCUT2D eigenvalue weighted by Gasteiger charge is 2.14. The summed E-state index contributed by atoms with van der Waals surface area (Å²) in [4.78, 5) is 15.5. The Kier molecular flexibility index (Phi) is 4.45. The number of benzene rings is 2. The average molecular weight is 384 g/mol. The van der Waals surface area contributed by atoms with Gasteiger partial charge in [-0.1, -0.05) is 43.0 Å². The monoisotopic (exact) mass is 384 g/mol. The Morgan fingerprint density at radius 2 is 1.72 bits per heavy atom. The molecule has 5 nitrogen and oxygen atoms in total. The quantitative estimate of drug-likeness (QED) is 0.587. The molecule has 0 bridgehead atoms. The number of H-pyrrole nitrogens is 1. The number of rotatable bonds is 4. The van der Waals surface area contributed by atoms with Gasteiger partial charge in [-0.05, 0) is 50.2 Å². The van der Waals surface area contributed by atoms with Crippen LogP contribution >= 0.6 is 0 Å². The van der Waals surface area contributed by atoms with Crippen molar-refractivity contribution in [1.82, 2.24) is 19.2 Å². The van der Waals surface area contributed by atoms with E-state index in [4.69, 9.17) is 0 Å². The summed E-state index contributed by atoms with van der Waals surface area (Å²) < 4.78 is 3.84. The first kappa shape index (κ1) is 17.8. The lowest BCUT2D eigenvalue weighted by molar-refractivity contribution is 0.275. The number of likely N-dealkylation sites (tertiary alicyclic amines) is 1. The molecule has 5 heteroatoms. The van der Waals surface area contributed by atoms with Crippen LogP contribution in [-0.4, -0.2) is 32.3 Å². The van der Waals surface area contributed by atoms with Gasteiger partial charge in [0, 0.05) is 22.7 Å². The predicted molar refractivity (Wildman–Crippen MR) is 117 cm³/mol. The highest BCUT2D eigenvalue weighted by atomic mass is 16.1. The Hall–Kier alpha value is -3.31. The third-order valence-corrected chi connectivity index (χ3v) is 5.69. The first-order valence-electron chi connectivity index (χ1n) is 10.1. The summed E-state index contributed by atoms with van der Waals surface area (Å²) >= 11 is 0. The van der Waals surface area contributed by atoms with Crippen LogP contribution in [0.3, 0.4) is 0 Å². The highest BCUT2D eigenvalue weighted by Crippen LogP contribution is 2.23. The van der Waals surface area contributed by atoms with Gasteiger partial charge in [0.15, 0.2) is 0 Å². The standard InChI is InChI=1S/C24H24N4O/c1-18-22(24(29)28(25-18)20-9-3-2-4-10-20)15-19-16-27(17-26-13-7-8-14-26)23-12-6-5-11-21(19)23/h2-6,9-12,15-16,25H,1,7-8,13-14,17H2/b22-15-. The smallest absolute Gasteiger partial charge is 0.279 e. The topological polar surface area (TPSA) is 46.0 Å². The molecule has 1 fully saturated rings. The SMILES string of the molecule is C=c1[nH]n(-c2ccccc2)c(=O)/c1=C\c1cn(CN2CCCC2)c2ccccc12. The van der Waals surface area contributed by atoms with Crippen molar-refractivity contribution in [2.45, 2.75) is 19.5 Å². The highest BCUT2D eigenvalue weighted by molar-refractivity contribution is 5.89. The number of nitrogens with one attached hydrogen (secondary N) is 1. The maximum atomic E-state index is 13.1. The molecular formula is C24H24N4O. The fourth-order valence-electron chi connectivity index (χ4n) is 4.21. The van der Waals surface area contributed by atoms with Crippen LogP contribution in [0.15, 0.2) is 65.6 Å². The Bertz CT molecular complexity index is 1320. The molecule has 0 radical (unpaired) electrons. The maximum Gasteiger partial charge on any atom is 0.279 e. The average Bonchev–Trinajstić information content (AvgIpc) is 3.45. The van der Waals surface area contributed by atoms with Gasteiger partial charge in [-0.3, -0.25) is 14.8 Å². The number of para-hydroxylation sites is 2. The van der Waals surface area contributed by atoms with Crippen molar-refractivity contribution in [1.29, 1.82) is 0 Å². The van der Waals surface area contributed by atoms with Crippen molar-refractivity contribution in [2.24, 2.45) is 0 Å². The van der Waals surface area contributed by atoms with Crippen LogP contribution in [0.1, 0.15) is 18.4 Å². The summed E-state index contributed by atoms with van der Waals surface area (Å²) in [6.07, 6.45) is 6.65. The zero-order valence-electron chi connectivity index (χ0n) is 16.3. The molecule has 2 aromatic carbocycles. The van der Waals surface area contributed by atoms with Crippen molar-refractivity contribution >= 4 is 23.6 Å². The van der Waals surface area contributed by atoms with Gasteiger partial charge >= 0.3 is 0 Å². The van der Waals surface area contributed by atoms with Gasteiger partial charge in [0.25, 0.3) is 5.56 Å². The Morgan fingerprint density at radius 1 is 1.00 bits per heavy atom. The molecule has 1 N–H and O–H groups in total. The van der Waals surface area contributed by atoms with Crippen molar-refractivity contribution in [2.75, 3.05) is 13.1 Å². The van der Waals surface area contributed by atoms with Crippen LogP contribution in [0.4, 0.5) is 0 Å². The van der Waals surface area contributed by atoms with Gasteiger partial charge in [0.2, 0.25) is 0 Å². The van der Waals surface area contributed by atoms with Gasteiger partial charge in [-0.2, -0.15) is 0 Å². The molecule has 3 heterocycles. The third-order valence-electron chi connectivity index (χ3n) is 5.69. The fraction of sp³-hybridized carbons (Fsp3) is 0.208. The molecule has 29 heavy (non-hydrogen) atoms. The van der Waals surface area contributed by atoms with Crippen molar-refractivity contribution in [3.63, 3.8) is 0 Å². The largest absolute Gasteiger partial charge is 0.333 e. The fourth-order valence-corrected chi connectivity index (χ4v) is 4.21. The number of nitrogens with zero attached hydrogens (tertiary/aromatic N) is 3. The summed E-state index contributed by atoms with van der Waals surface area (Å²) in [6, 6.07) is 18.0. The predicted octanol–water partition coefficient (Wildman–Crippen LogP) is 2.41. The molecule has 1 saturated heterocycles. The van der Waals surface area contributed by atoms with Crippen LogP contribution in [0.5, 0.6) is 0 Å². The second-order valence-corrected chi connectivity index (χ2v) is 7.66. The Morgan fingerprint density at radius 3 is 2.52 bits per heavy atom. The van der Waals surface area contributed by atoms with Crippen LogP contribution in [-0.2, 0) is 6.67 Å². The molecule has 5 rings (SSSR count). The number of aromatic nitrogens is 3. The van der Waals surface area contributed by atoms with E-state index < -0.39 is 0 Å². The van der Waals surface area contributed by atoms with E-state index in [9.17, 15) is 4.79 Å². The molecular weight excluding hydrogens is 360 g/mol. The molecule has 0 saturated carbocycles. The van der Waals surface area contributed by atoms with Crippen LogP contribution in [0.25, 0.3) is 29.2 Å². The second kappa shape index (κ2) is 7.26. The van der Waals surface area contributed by atoms with Crippen LogP contribution < -0.4 is 16.1 Å². The molecule has 0 spiro atoms. The lowest BCUT2D eigenvalue weighted by Crippen LogP contribution is -2.33. The van der Waals surface area contributed by atoms with E-state index in [0.29, 0.717) is 10.6 Å². The Balaban J connectivity index is 1.64. The van der Waals surface area contributed by atoms with Crippen molar-refractivity contribution in [3.05, 3.63) is 87.3 Å². The van der Waals surface area contributed by atoms with E-state index in [1.165, 1.54) is 18.4 Å². The molecule has 4 aromatic rings. The molecule has 0 aliphatic carbocycles. The second-order valence-electron chi connectivity index (χ2n) is 7.66. The minimum absolute atomic E-state index is 0.0856. The summed E-state index contributed by atoms with van der Waals surface area (Å²) in [7, 11) is 0. The normalized spacial score (nSPS) is 15.5.